The molecular weight excluding hydrogens is 248 g/mol. The van der Waals surface area contributed by atoms with Crippen LogP contribution < -0.4 is 5.32 Å². The Kier molecular flexibility index (Phi) is 3.83. The summed E-state index contributed by atoms with van der Waals surface area (Å²) in [6.45, 7) is 5.58. The topological polar surface area (TPSA) is 32.3 Å². The molecule has 2 bridgehead atoms. The van der Waals surface area contributed by atoms with E-state index in [1.165, 1.54) is 32.1 Å². The second-order valence-corrected chi connectivity index (χ2v) is 8.09. The molecule has 0 aromatic heterocycles. The number of nitrogens with one attached hydrogen (secondary N) is 1. The summed E-state index contributed by atoms with van der Waals surface area (Å²) in [5.74, 6) is 2.06. The first-order valence-corrected chi connectivity index (χ1v) is 8.48. The molecule has 0 aromatic carbocycles. The predicted molar refractivity (Wildman–Crippen MR) is 81.4 cm³/mol. The van der Waals surface area contributed by atoms with Gasteiger partial charge in [0.25, 0.3) is 0 Å². The van der Waals surface area contributed by atoms with Crippen LogP contribution in [0.25, 0.3) is 0 Å². The molecule has 0 spiro atoms. The molecule has 3 nitrogen and oxygen atoms in total. The first kappa shape index (κ1) is 14.4. The van der Waals surface area contributed by atoms with Gasteiger partial charge in [-0.15, -0.1) is 0 Å². The number of likely N-dealkylation sites (N-methyl/N-ethyl adjacent to an activating group) is 1. The van der Waals surface area contributed by atoms with Gasteiger partial charge >= 0.3 is 0 Å². The summed E-state index contributed by atoms with van der Waals surface area (Å²) in [7, 11) is 1.94. The highest BCUT2D eigenvalue weighted by Gasteiger charge is 2.44. The van der Waals surface area contributed by atoms with Crippen LogP contribution in [0.5, 0.6) is 0 Å². The Hall–Kier alpha value is -0.570. The lowest BCUT2D eigenvalue weighted by molar-refractivity contribution is -0.135. The van der Waals surface area contributed by atoms with E-state index in [1.54, 1.807) is 0 Å². The molecule has 3 rings (SSSR count). The molecule has 2 saturated carbocycles. The fourth-order valence-corrected chi connectivity index (χ4v) is 4.84. The largest absolute Gasteiger partial charge is 0.338 e. The Labute approximate surface area is 123 Å². The van der Waals surface area contributed by atoms with Crippen LogP contribution in [0.15, 0.2) is 0 Å². The molecular formula is C17H30N2O. The minimum atomic E-state index is 0.0213. The Bertz CT molecular complexity index is 379. The number of hydrogen-bond acceptors (Lipinski definition) is 2. The lowest BCUT2D eigenvalue weighted by Gasteiger charge is -2.34. The summed E-state index contributed by atoms with van der Waals surface area (Å²) in [4.78, 5) is 15.2. The SMILES string of the molecule is CNC1CC(C)(C)CCN(C2CC3CCCC2C3)C1=O. The number of likely N-dealkylation sites (tertiary alicyclic amines) is 1. The van der Waals surface area contributed by atoms with Gasteiger partial charge < -0.3 is 10.2 Å². The van der Waals surface area contributed by atoms with E-state index in [-0.39, 0.29) is 11.5 Å². The van der Waals surface area contributed by atoms with Crippen LogP contribution in [0.4, 0.5) is 0 Å². The second-order valence-electron chi connectivity index (χ2n) is 8.09. The maximum Gasteiger partial charge on any atom is 0.239 e. The molecule has 2 aliphatic carbocycles. The van der Waals surface area contributed by atoms with E-state index in [0.29, 0.717) is 11.9 Å². The summed E-state index contributed by atoms with van der Waals surface area (Å²) in [6, 6.07) is 0.563. The molecule has 1 heterocycles. The van der Waals surface area contributed by atoms with Gasteiger partial charge in [0.05, 0.1) is 6.04 Å². The molecule has 4 atom stereocenters. The fourth-order valence-electron chi connectivity index (χ4n) is 4.84. The van der Waals surface area contributed by atoms with Gasteiger partial charge in [0.1, 0.15) is 0 Å². The minimum absolute atomic E-state index is 0.0213. The summed E-state index contributed by atoms with van der Waals surface area (Å²) in [5, 5.41) is 3.27. The normalized spacial score (nSPS) is 40.8. The van der Waals surface area contributed by atoms with Gasteiger partial charge in [-0.1, -0.05) is 26.7 Å². The zero-order valence-electron chi connectivity index (χ0n) is 13.3. The lowest BCUT2D eigenvalue weighted by Crippen LogP contribution is -2.49. The highest BCUT2D eigenvalue weighted by molar-refractivity contribution is 5.82. The van der Waals surface area contributed by atoms with Gasteiger partial charge in [0.2, 0.25) is 5.91 Å². The third-order valence-electron chi connectivity index (χ3n) is 6.06. The summed E-state index contributed by atoms with van der Waals surface area (Å²) >= 11 is 0. The molecule has 4 unspecified atom stereocenters. The first-order chi connectivity index (χ1) is 9.50. The Balaban J connectivity index is 1.79. The zero-order chi connectivity index (χ0) is 14.3. The van der Waals surface area contributed by atoms with Gasteiger partial charge in [-0.25, -0.2) is 0 Å². The third kappa shape index (κ3) is 2.61. The van der Waals surface area contributed by atoms with Crippen LogP contribution in [0.2, 0.25) is 0 Å². The van der Waals surface area contributed by atoms with E-state index in [4.69, 9.17) is 0 Å². The van der Waals surface area contributed by atoms with Crippen molar-refractivity contribution in [3.8, 4) is 0 Å². The number of hydrogen-bond donors (Lipinski definition) is 1. The average molecular weight is 278 g/mol. The molecule has 20 heavy (non-hydrogen) atoms. The smallest absolute Gasteiger partial charge is 0.239 e. The maximum atomic E-state index is 12.9. The third-order valence-corrected chi connectivity index (χ3v) is 6.06. The van der Waals surface area contributed by atoms with Crippen LogP contribution in [-0.4, -0.2) is 36.5 Å². The van der Waals surface area contributed by atoms with Crippen LogP contribution >= 0.6 is 0 Å². The molecule has 1 amide bonds. The van der Waals surface area contributed by atoms with Crippen LogP contribution in [-0.2, 0) is 4.79 Å². The Morgan fingerprint density at radius 1 is 1.25 bits per heavy atom. The summed E-state index contributed by atoms with van der Waals surface area (Å²) < 4.78 is 0. The van der Waals surface area contributed by atoms with Gasteiger partial charge in [-0.3, -0.25) is 4.79 Å². The Morgan fingerprint density at radius 3 is 2.75 bits per heavy atom. The van der Waals surface area contributed by atoms with Crippen molar-refractivity contribution in [1.29, 1.82) is 0 Å². The number of amides is 1. The molecule has 1 N–H and O–H groups in total. The summed E-state index contributed by atoms with van der Waals surface area (Å²) in [6.07, 6.45) is 8.89. The van der Waals surface area contributed by atoms with Gasteiger partial charge in [-0.2, -0.15) is 0 Å². The number of carbonyl (C=O) groups is 1. The van der Waals surface area contributed by atoms with Crippen molar-refractivity contribution in [3.63, 3.8) is 0 Å². The van der Waals surface area contributed by atoms with Crippen molar-refractivity contribution in [2.45, 2.75) is 70.9 Å². The van der Waals surface area contributed by atoms with E-state index < -0.39 is 0 Å². The standard InChI is InChI=1S/C17H30N2O/c1-17(2)7-8-19(16(20)14(11-17)18-3)15-10-12-5-4-6-13(15)9-12/h12-15,18H,4-11H2,1-3H3. The molecule has 0 radical (unpaired) electrons. The van der Waals surface area contributed by atoms with E-state index in [0.717, 1.165) is 31.2 Å². The van der Waals surface area contributed by atoms with Crippen molar-refractivity contribution >= 4 is 5.91 Å². The van der Waals surface area contributed by atoms with Crippen molar-refractivity contribution in [2.24, 2.45) is 17.3 Å². The molecule has 1 aliphatic heterocycles. The van der Waals surface area contributed by atoms with Crippen molar-refractivity contribution < 1.29 is 4.79 Å². The van der Waals surface area contributed by atoms with Crippen LogP contribution in [0.1, 0.15) is 58.8 Å². The van der Waals surface area contributed by atoms with Crippen molar-refractivity contribution in [1.82, 2.24) is 10.2 Å². The number of carbonyl (C=O) groups excluding carboxylic acids is 1. The monoisotopic (exact) mass is 278 g/mol. The van der Waals surface area contributed by atoms with Crippen molar-refractivity contribution in [2.75, 3.05) is 13.6 Å². The maximum absolute atomic E-state index is 12.9. The first-order valence-electron chi connectivity index (χ1n) is 8.48. The molecule has 1 saturated heterocycles. The van der Waals surface area contributed by atoms with Gasteiger partial charge in [0.15, 0.2) is 0 Å². The minimum Gasteiger partial charge on any atom is -0.338 e. The van der Waals surface area contributed by atoms with Gasteiger partial charge in [0, 0.05) is 12.6 Å². The van der Waals surface area contributed by atoms with Crippen LogP contribution in [0, 0.1) is 17.3 Å². The molecule has 0 aromatic rings. The quantitative estimate of drug-likeness (QED) is 0.842. The highest BCUT2D eigenvalue weighted by atomic mass is 16.2. The van der Waals surface area contributed by atoms with Crippen LogP contribution in [0.3, 0.4) is 0 Å². The number of nitrogens with zero attached hydrogens (tertiary/aromatic N) is 1. The number of rotatable bonds is 2. The fraction of sp³-hybridized carbons (Fsp3) is 0.941. The Morgan fingerprint density at radius 2 is 2.05 bits per heavy atom. The predicted octanol–water partition coefficient (Wildman–Crippen LogP) is 2.80. The van der Waals surface area contributed by atoms with E-state index in [9.17, 15) is 4.79 Å². The molecule has 3 heteroatoms. The molecule has 3 aliphatic rings. The number of fused-ring (bicyclic) bond motifs is 2. The average Bonchev–Trinajstić information content (AvgIpc) is 2.63. The second kappa shape index (κ2) is 5.32. The molecule has 114 valence electrons. The van der Waals surface area contributed by atoms with E-state index in [2.05, 4.69) is 24.1 Å². The lowest BCUT2D eigenvalue weighted by atomic mass is 9.83. The van der Waals surface area contributed by atoms with Gasteiger partial charge in [-0.05, 0) is 56.4 Å². The van der Waals surface area contributed by atoms with E-state index in [1.807, 2.05) is 7.05 Å². The van der Waals surface area contributed by atoms with E-state index >= 15 is 0 Å². The zero-order valence-corrected chi connectivity index (χ0v) is 13.3. The van der Waals surface area contributed by atoms with Crippen molar-refractivity contribution in [3.05, 3.63) is 0 Å². The highest BCUT2D eigenvalue weighted by Crippen LogP contribution is 2.45. The molecule has 3 fully saturated rings. The summed E-state index contributed by atoms with van der Waals surface area (Å²) in [5.41, 5.74) is 0.270.